The van der Waals surface area contributed by atoms with Crippen LogP contribution in [0.2, 0.25) is 0 Å². The monoisotopic (exact) mass is 227 g/mol. The third-order valence-electron chi connectivity index (χ3n) is 1.49. The predicted octanol–water partition coefficient (Wildman–Crippen LogP) is -1.44. The smallest absolute Gasteiger partial charge is 0.214 e. The summed E-state index contributed by atoms with van der Waals surface area (Å²) in [5.41, 5.74) is 0. The van der Waals surface area contributed by atoms with Gasteiger partial charge in [0, 0.05) is 14.2 Å². The summed E-state index contributed by atoms with van der Waals surface area (Å²) < 4.78 is 34.2. The molecule has 0 aromatic heterocycles. The van der Waals surface area contributed by atoms with Gasteiger partial charge in [-0.3, -0.25) is 0 Å². The first-order valence-corrected chi connectivity index (χ1v) is 5.79. The topological polar surface area (TPSA) is 84.9 Å². The lowest BCUT2D eigenvalue weighted by molar-refractivity contribution is 0.138. The number of methoxy groups -OCH3 is 2. The fourth-order valence-electron chi connectivity index (χ4n) is 0.831. The molecule has 0 aromatic rings. The molecule has 2 N–H and O–H groups in total. The molecule has 0 radical (unpaired) electrons. The van der Waals surface area contributed by atoms with E-state index < -0.39 is 16.1 Å². The summed E-state index contributed by atoms with van der Waals surface area (Å²) in [6, 6.07) is -0.596. The van der Waals surface area contributed by atoms with Gasteiger partial charge in [-0.15, -0.1) is 0 Å². The van der Waals surface area contributed by atoms with Gasteiger partial charge in [-0.05, 0) is 0 Å². The van der Waals surface area contributed by atoms with E-state index in [0.29, 0.717) is 0 Å². The molecule has 0 spiro atoms. The van der Waals surface area contributed by atoms with Gasteiger partial charge in [0.1, 0.15) is 0 Å². The van der Waals surface area contributed by atoms with E-state index in [1.54, 1.807) is 0 Å². The van der Waals surface area contributed by atoms with Crippen molar-refractivity contribution >= 4 is 10.0 Å². The van der Waals surface area contributed by atoms with Crippen LogP contribution in [0.4, 0.5) is 0 Å². The second-order valence-corrected chi connectivity index (χ2v) is 4.64. The largest absolute Gasteiger partial charge is 0.395 e. The molecule has 0 saturated heterocycles. The average molecular weight is 227 g/mol. The Hall–Kier alpha value is -0.210. The number of hydrogen-bond donors (Lipinski definition) is 2. The minimum atomic E-state index is -3.39. The van der Waals surface area contributed by atoms with Crippen LogP contribution < -0.4 is 4.72 Å². The van der Waals surface area contributed by atoms with Crippen LogP contribution in [0.3, 0.4) is 0 Å². The number of aliphatic hydroxyl groups is 1. The molecule has 1 atom stereocenters. The Bertz CT molecular complexity index is 228. The lowest BCUT2D eigenvalue weighted by atomic mass is 10.4. The molecule has 0 aliphatic rings. The highest BCUT2D eigenvalue weighted by molar-refractivity contribution is 7.89. The molecule has 0 aliphatic heterocycles. The molecule has 0 heterocycles. The molecule has 14 heavy (non-hydrogen) atoms. The fraction of sp³-hybridized carbons (Fsp3) is 1.00. The van der Waals surface area contributed by atoms with E-state index >= 15 is 0 Å². The highest BCUT2D eigenvalue weighted by Gasteiger charge is 2.16. The van der Waals surface area contributed by atoms with Crippen LogP contribution in [0.5, 0.6) is 0 Å². The van der Waals surface area contributed by atoms with E-state index in [1.807, 2.05) is 0 Å². The van der Waals surface area contributed by atoms with Crippen molar-refractivity contribution in [2.45, 2.75) is 6.04 Å². The van der Waals surface area contributed by atoms with Crippen LogP contribution in [-0.2, 0) is 19.5 Å². The Labute approximate surface area is 84.3 Å². The first kappa shape index (κ1) is 13.8. The second kappa shape index (κ2) is 7.13. The number of sulfonamides is 1. The molecule has 0 saturated carbocycles. The highest BCUT2D eigenvalue weighted by Crippen LogP contribution is 1.91. The molecule has 7 heteroatoms. The summed E-state index contributed by atoms with van der Waals surface area (Å²) in [4.78, 5) is 0. The molecule has 0 rings (SSSR count). The maximum atomic E-state index is 11.3. The van der Waals surface area contributed by atoms with Gasteiger partial charge >= 0.3 is 0 Å². The first-order chi connectivity index (χ1) is 6.55. The van der Waals surface area contributed by atoms with E-state index in [0.717, 1.165) is 0 Å². The lowest BCUT2D eigenvalue weighted by Gasteiger charge is -2.14. The minimum absolute atomic E-state index is 0.121. The van der Waals surface area contributed by atoms with Crippen molar-refractivity contribution in [1.82, 2.24) is 4.72 Å². The third kappa shape index (κ3) is 6.28. The zero-order valence-electron chi connectivity index (χ0n) is 8.39. The van der Waals surface area contributed by atoms with Crippen molar-refractivity contribution in [1.29, 1.82) is 0 Å². The summed E-state index contributed by atoms with van der Waals surface area (Å²) in [7, 11) is -0.531. The molecule has 6 nitrogen and oxygen atoms in total. The predicted molar refractivity (Wildman–Crippen MR) is 51.5 cm³/mol. The highest BCUT2D eigenvalue weighted by atomic mass is 32.2. The van der Waals surface area contributed by atoms with Gasteiger partial charge in [-0.1, -0.05) is 0 Å². The number of nitrogens with one attached hydrogen (secondary N) is 1. The van der Waals surface area contributed by atoms with Crippen LogP contribution in [0.1, 0.15) is 0 Å². The van der Waals surface area contributed by atoms with E-state index in [4.69, 9.17) is 9.84 Å². The summed E-state index contributed by atoms with van der Waals surface area (Å²) >= 11 is 0. The van der Waals surface area contributed by atoms with Gasteiger partial charge in [0.2, 0.25) is 10.0 Å². The molecule has 0 aliphatic carbocycles. The van der Waals surface area contributed by atoms with Crippen molar-refractivity contribution in [2.75, 3.05) is 39.8 Å². The minimum Gasteiger partial charge on any atom is -0.395 e. The zero-order chi connectivity index (χ0) is 11.0. The lowest BCUT2D eigenvalue weighted by Crippen LogP contribution is -2.42. The maximum Gasteiger partial charge on any atom is 0.214 e. The van der Waals surface area contributed by atoms with Crippen molar-refractivity contribution < 1.29 is 23.0 Å². The van der Waals surface area contributed by atoms with Crippen LogP contribution in [0.15, 0.2) is 0 Å². The van der Waals surface area contributed by atoms with Gasteiger partial charge in [0.25, 0.3) is 0 Å². The van der Waals surface area contributed by atoms with Gasteiger partial charge in [0.15, 0.2) is 0 Å². The van der Waals surface area contributed by atoms with E-state index in [1.165, 1.54) is 14.2 Å². The molecule has 0 fully saturated rings. The molecule has 0 amide bonds. The third-order valence-corrected chi connectivity index (χ3v) is 2.89. The van der Waals surface area contributed by atoms with Gasteiger partial charge in [-0.25, -0.2) is 13.1 Å². The van der Waals surface area contributed by atoms with Crippen molar-refractivity contribution in [2.24, 2.45) is 0 Å². The van der Waals surface area contributed by atoms with Gasteiger partial charge in [-0.2, -0.15) is 0 Å². The summed E-state index contributed by atoms with van der Waals surface area (Å²) in [6.45, 7) is -0.0246. The maximum absolute atomic E-state index is 11.3. The van der Waals surface area contributed by atoms with Crippen LogP contribution in [-0.4, -0.2) is 59.4 Å². The molecular weight excluding hydrogens is 210 g/mol. The van der Waals surface area contributed by atoms with Crippen molar-refractivity contribution in [3.05, 3.63) is 0 Å². The Balaban J connectivity index is 4.04. The van der Waals surface area contributed by atoms with Gasteiger partial charge in [0.05, 0.1) is 31.6 Å². The SMILES string of the molecule is COCCS(=O)(=O)NC(CO)COC. The van der Waals surface area contributed by atoms with E-state index in [-0.39, 0.29) is 25.6 Å². The van der Waals surface area contributed by atoms with Crippen molar-refractivity contribution in [3.63, 3.8) is 0 Å². The normalized spacial score (nSPS) is 14.2. The molecule has 86 valence electrons. The van der Waals surface area contributed by atoms with Gasteiger partial charge < -0.3 is 14.6 Å². The number of hydrogen-bond acceptors (Lipinski definition) is 5. The van der Waals surface area contributed by atoms with Crippen molar-refractivity contribution in [3.8, 4) is 0 Å². The second-order valence-electron chi connectivity index (χ2n) is 2.76. The number of aliphatic hydroxyl groups excluding tert-OH is 1. The molecule has 0 bridgehead atoms. The van der Waals surface area contributed by atoms with Crippen LogP contribution in [0.25, 0.3) is 0 Å². The van der Waals surface area contributed by atoms with Crippen LogP contribution in [0, 0.1) is 0 Å². The average Bonchev–Trinajstić information content (AvgIpc) is 2.14. The molecule has 1 unspecified atom stereocenters. The fourth-order valence-corrected chi connectivity index (χ4v) is 1.99. The molecule has 0 aromatic carbocycles. The summed E-state index contributed by atoms with van der Waals surface area (Å²) in [6.07, 6.45) is 0. The first-order valence-electron chi connectivity index (χ1n) is 4.14. The number of ether oxygens (including phenoxy) is 2. The molecular formula is C7H17NO5S. The van der Waals surface area contributed by atoms with E-state index in [9.17, 15) is 8.42 Å². The Morgan fingerprint density at radius 1 is 1.36 bits per heavy atom. The summed E-state index contributed by atoms with van der Waals surface area (Å²) in [5, 5.41) is 8.81. The number of rotatable bonds is 8. The van der Waals surface area contributed by atoms with Crippen LogP contribution >= 0.6 is 0 Å². The quantitative estimate of drug-likeness (QED) is 0.530. The Morgan fingerprint density at radius 3 is 2.43 bits per heavy atom. The Morgan fingerprint density at radius 2 is 2.00 bits per heavy atom. The van der Waals surface area contributed by atoms with E-state index in [2.05, 4.69) is 9.46 Å². The summed E-state index contributed by atoms with van der Waals surface area (Å²) in [5.74, 6) is -0.121. The zero-order valence-corrected chi connectivity index (χ0v) is 9.21. The Kier molecular flexibility index (Phi) is 7.02. The standard InChI is InChI=1S/C7H17NO5S/c1-12-3-4-14(10,11)8-7(5-9)6-13-2/h7-9H,3-6H2,1-2H3.